The van der Waals surface area contributed by atoms with Gasteiger partial charge in [-0.2, -0.15) is 0 Å². The van der Waals surface area contributed by atoms with E-state index in [-0.39, 0.29) is 24.4 Å². The average Bonchev–Trinajstić information content (AvgIpc) is 2.75. The summed E-state index contributed by atoms with van der Waals surface area (Å²) in [5, 5.41) is 16.6. The first kappa shape index (κ1) is 24.1. The summed E-state index contributed by atoms with van der Waals surface area (Å²) in [5.41, 5.74) is 6.39. The van der Waals surface area contributed by atoms with Gasteiger partial charge in [-0.1, -0.05) is 25.3 Å². The number of aromatic nitrogens is 1. The van der Waals surface area contributed by atoms with E-state index in [1.54, 1.807) is 25.3 Å². The van der Waals surface area contributed by atoms with Gasteiger partial charge in [0.2, 0.25) is 11.8 Å². The number of carbonyl (C=O) groups excluding carboxylic acids is 2. The highest BCUT2D eigenvalue weighted by Crippen LogP contribution is 2.28. The molecule has 0 aromatic carbocycles. The van der Waals surface area contributed by atoms with Crippen LogP contribution in [0.4, 0.5) is 5.82 Å². The van der Waals surface area contributed by atoms with E-state index in [1.165, 1.54) is 0 Å². The lowest BCUT2D eigenvalue weighted by Crippen LogP contribution is -2.58. The molecule has 2 unspecified atom stereocenters. The molecule has 5 N–H and O–H groups in total. The van der Waals surface area contributed by atoms with Crippen molar-refractivity contribution in [2.24, 2.45) is 5.92 Å². The quantitative estimate of drug-likeness (QED) is 0.481. The maximum absolute atomic E-state index is 13.0. The molecule has 1 fully saturated rings. The van der Waals surface area contributed by atoms with Crippen LogP contribution in [-0.4, -0.2) is 58.1 Å². The Balaban J connectivity index is 2.09. The Morgan fingerprint density at radius 3 is 2.43 bits per heavy atom. The van der Waals surface area contributed by atoms with Gasteiger partial charge in [-0.25, -0.2) is 4.98 Å². The van der Waals surface area contributed by atoms with Crippen LogP contribution in [0.1, 0.15) is 58.4 Å². The van der Waals surface area contributed by atoms with E-state index in [2.05, 4.69) is 15.6 Å². The van der Waals surface area contributed by atoms with Crippen molar-refractivity contribution in [2.45, 2.75) is 83.6 Å². The molecule has 8 heteroatoms. The molecule has 1 heterocycles. The number of rotatable bonds is 9. The number of amides is 2. The van der Waals surface area contributed by atoms with Crippen molar-refractivity contribution in [2.75, 3.05) is 12.8 Å². The third kappa shape index (κ3) is 6.67. The minimum Gasteiger partial charge on any atom is -0.390 e. The Hall–Kier alpha value is -2.19. The van der Waals surface area contributed by atoms with Crippen LogP contribution in [0.2, 0.25) is 0 Å². The molecule has 0 radical (unpaired) electrons. The third-order valence-electron chi connectivity index (χ3n) is 6.17. The molecule has 30 heavy (non-hydrogen) atoms. The van der Waals surface area contributed by atoms with E-state index in [0.717, 1.165) is 37.7 Å². The van der Waals surface area contributed by atoms with Crippen LogP contribution in [0, 0.1) is 5.92 Å². The predicted molar refractivity (Wildman–Crippen MR) is 117 cm³/mol. The number of anilines is 1. The van der Waals surface area contributed by atoms with E-state index in [9.17, 15) is 14.7 Å². The fraction of sp³-hybridized carbons (Fsp3) is 0.682. The summed E-state index contributed by atoms with van der Waals surface area (Å²) in [4.78, 5) is 31.8. The van der Waals surface area contributed by atoms with Gasteiger partial charge in [0.05, 0.1) is 12.1 Å². The van der Waals surface area contributed by atoms with Crippen LogP contribution in [-0.2, 0) is 16.1 Å². The van der Waals surface area contributed by atoms with Gasteiger partial charge in [0.15, 0.2) is 0 Å². The van der Waals surface area contributed by atoms with Crippen LogP contribution in [0.25, 0.3) is 0 Å². The zero-order valence-electron chi connectivity index (χ0n) is 18.6. The minimum atomic E-state index is -0.995. The maximum atomic E-state index is 13.0. The van der Waals surface area contributed by atoms with Crippen molar-refractivity contribution >= 4 is 17.6 Å². The standard InChI is InChI=1S/C22H37N5O3/c1-14(2)27(4)15(3)21(29)26-19(20(28)17-8-6-5-7-9-17)22(30)25-13-16-10-11-18(23)24-12-16/h10-12,14-15,17,19-20,28H,5-9,13H2,1-4H3,(H2,23,24)(H,25,30)(H,26,29)/t15?,19-,20?/m1/s1. The zero-order chi connectivity index (χ0) is 22.3. The molecule has 3 atom stereocenters. The van der Waals surface area contributed by atoms with Gasteiger partial charge in [-0.3, -0.25) is 14.5 Å². The summed E-state index contributed by atoms with van der Waals surface area (Å²) in [7, 11) is 1.87. The Morgan fingerprint density at radius 2 is 1.87 bits per heavy atom. The van der Waals surface area contributed by atoms with Gasteiger partial charge < -0.3 is 21.5 Å². The lowest BCUT2D eigenvalue weighted by molar-refractivity contribution is -0.135. The number of hydrogen-bond acceptors (Lipinski definition) is 6. The van der Waals surface area contributed by atoms with Gasteiger partial charge in [0.1, 0.15) is 11.9 Å². The SMILES string of the molecule is CC(C)N(C)C(C)C(=O)N[C@@H](C(=O)NCc1ccc(N)nc1)C(O)C1CCCCC1. The molecule has 1 aliphatic carbocycles. The van der Waals surface area contributed by atoms with Gasteiger partial charge in [-0.05, 0) is 58.2 Å². The second kappa shape index (κ2) is 11.3. The fourth-order valence-corrected chi connectivity index (χ4v) is 3.80. The topological polar surface area (TPSA) is 121 Å². The molecule has 0 bridgehead atoms. The van der Waals surface area contributed by atoms with Crippen LogP contribution in [0.5, 0.6) is 0 Å². The largest absolute Gasteiger partial charge is 0.390 e. The molecule has 0 spiro atoms. The number of carbonyl (C=O) groups is 2. The molecule has 0 saturated heterocycles. The fourth-order valence-electron chi connectivity index (χ4n) is 3.80. The number of aliphatic hydroxyl groups is 1. The number of nitrogens with zero attached hydrogens (tertiary/aromatic N) is 2. The molecule has 1 aromatic rings. The number of nitrogens with two attached hydrogens (primary N) is 1. The smallest absolute Gasteiger partial charge is 0.245 e. The average molecular weight is 420 g/mol. The summed E-state index contributed by atoms with van der Waals surface area (Å²) in [5.74, 6) is -0.245. The highest BCUT2D eigenvalue weighted by Gasteiger charge is 2.36. The third-order valence-corrected chi connectivity index (χ3v) is 6.17. The number of aliphatic hydroxyl groups excluding tert-OH is 1. The number of nitrogen functional groups attached to an aromatic ring is 1. The zero-order valence-corrected chi connectivity index (χ0v) is 18.6. The van der Waals surface area contributed by atoms with Crippen molar-refractivity contribution in [3.63, 3.8) is 0 Å². The lowest BCUT2D eigenvalue weighted by Gasteiger charge is -2.34. The Labute approximate surface area is 179 Å². The molecule has 2 amide bonds. The molecule has 2 rings (SSSR count). The van der Waals surface area contributed by atoms with Crippen molar-refractivity contribution in [1.29, 1.82) is 0 Å². The van der Waals surface area contributed by atoms with E-state index in [1.807, 2.05) is 25.8 Å². The number of nitrogens with one attached hydrogen (secondary N) is 2. The van der Waals surface area contributed by atoms with Crippen molar-refractivity contribution in [1.82, 2.24) is 20.5 Å². The van der Waals surface area contributed by atoms with Crippen molar-refractivity contribution in [3.05, 3.63) is 23.9 Å². The van der Waals surface area contributed by atoms with Gasteiger partial charge >= 0.3 is 0 Å². The van der Waals surface area contributed by atoms with Crippen LogP contribution >= 0.6 is 0 Å². The summed E-state index contributed by atoms with van der Waals surface area (Å²) in [6, 6.07) is 2.22. The van der Waals surface area contributed by atoms with E-state index < -0.39 is 24.1 Å². The monoisotopic (exact) mass is 419 g/mol. The predicted octanol–water partition coefficient (Wildman–Crippen LogP) is 1.43. The van der Waals surface area contributed by atoms with E-state index in [4.69, 9.17) is 5.73 Å². The van der Waals surface area contributed by atoms with Gasteiger partial charge in [-0.15, -0.1) is 0 Å². The molecule has 8 nitrogen and oxygen atoms in total. The summed E-state index contributed by atoms with van der Waals surface area (Å²) >= 11 is 0. The molecule has 1 aliphatic rings. The lowest BCUT2D eigenvalue weighted by atomic mass is 9.82. The number of pyridine rings is 1. The van der Waals surface area contributed by atoms with Crippen molar-refractivity contribution in [3.8, 4) is 0 Å². The van der Waals surface area contributed by atoms with Crippen LogP contribution < -0.4 is 16.4 Å². The Kier molecular flexibility index (Phi) is 9.05. The molecule has 0 aliphatic heterocycles. The van der Waals surface area contributed by atoms with E-state index in [0.29, 0.717) is 5.82 Å². The highest BCUT2D eigenvalue weighted by atomic mass is 16.3. The second-order valence-electron chi connectivity index (χ2n) is 8.62. The first-order chi connectivity index (χ1) is 14.2. The van der Waals surface area contributed by atoms with Gasteiger partial charge in [0, 0.05) is 18.8 Å². The first-order valence-corrected chi connectivity index (χ1v) is 10.9. The summed E-state index contributed by atoms with van der Waals surface area (Å²) in [6.45, 7) is 6.06. The normalized spacial score (nSPS) is 18.1. The molecular formula is C22H37N5O3. The van der Waals surface area contributed by atoms with E-state index >= 15 is 0 Å². The van der Waals surface area contributed by atoms with Gasteiger partial charge in [0.25, 0.3) is 0 Å². The molecule has 168 valence electrons. The number of likely N-dealkylation sites (N-methyl/N-ethyl adjacent to an activating group) is 1. The Morgan fingerprint density at radius 1 is 1.20 bits per heavy atom. The molecular weight excluding hydrogens is 382 g/mol. The number of hydrogen-bond donors (Lipinski definition) is 4. The van der Waals surface area contributed by atoms with Crippen molar-refractivity contribution < 1.29 is 14.7 Å². The molecule has 1 saturated carbocycles. The second-order valence-corrected chi connectivity index (χ2v) is 8.62. The molecule has 1 aromatic heterocycles. The highest BCUT2D eigenvalue weighted by molar-refractivity contribution is 5.90. The first-order valence-electron chi connectivity index (χ1n) is 10.9. The van der Waals surface area contributed by atoms with Crippen LogP contribution in [0.15, 0.2) is 18.3 Å². The maximum Gasteiger partial charge on any atom is 0.245 e. The summed E-state index contributed by atoms with van der Waals surface area (Å²) < 4.78 is 0. The summed E-state index contributed by atoms with van der Waals surface area (Å²) in [6.07, 6.45) is 5.62. The van der Waals surface area contributed by atoms with Crippen LogP contribution in [0.3, 0.4) is 0 Å². The Bertz CT molecular complexity index is 689. The minimum absolute atomic E-state index is 0.00567.